The average molecular weight is 432 g/mol. The summed E-state index contributed by atoms with van der Waals surface area (Å²) in [6.45, 7) is 5.03. The fourth-order valence-electron chi connectivity index (χ4n) is 3.69. The highest BCUT2D eigenvalue weighted by atomic mass is 19.1. The van der Waals surface area contributed by atoms with E-state index in [0.717, 1.165) is 5.01 Å². The molecule has 0 N–H and O–H groups in total. The number of hydrogen-bond donors (Lipinski definition) is 0. The van der Waals surface area contributed by atoms with Gasteiger partial charge in [-0.15, -0.1) is 0 Å². The number of amides is 3. The SMILES string of the molecule is CC(C)CN1C[C@@H](OCc2ccccc2F)CN(C(=O)C2=NN(C)C(=O)CC2)CC1=O. The molecule has 0 radical (unpaired) electrons. The second-order valence-corrected chi connectivity index (χ2v) is 8.37. The molecule has 31 heavy (non-hydrogen) atoms. The first-order valence-corrected chi connectivity index (χ1v) is 10.5. The third-order valence-corrected chi connectivity index (χ3v) is 5.29. The van der Waals surface area contributed by atoms with Crippen LogP contribution in [-0.4, -0.2) is 77.6 Å². The number of benzene rings is 1. The number of nitrogens with zero attached hydrogens (tertiary/aromatic N) is 4. The molecule has 0 bridgehead atoms. The Morgan fingerprint density at radius 2 is 1.94 bits per heavy atom. The first-order chi connectivity index (χ1) is 14.7. The van der Waals surface area contributed by atoms with Gasteiger partial charge in [-0.1, -0.05) is 32.0 Å². The zero-order valence-corrected chi connectivity index (χ0v) is 18.2. The Bertz CT molecular complexity index is 873. The van der Waals surface area contributed by atoms with Gasteiger partial charge < -0.3 is 14.5 Å². The van der Waals surface area contributed by atoms with Gasteiger partial charge in [0.2, 0.25) is 11.8 Å². The molecule has 1 atom stereocenters. The molecule has 0 aliphatic carbocycles. The number of rotatable bonds is 6. The first-order valence-electron chi connectivity index (χ1n) is 10.5. The van der Waals surface area contributed by atoms with Crippen LogP contribution in [0.5, 0.6) is 0 Å². The zero-order chi connectivity index (χ0) is 22.5. The monoisotopic (exact) mass is 432 g/mol. The van der Waals surface area contributed by atoms with Gasteiger partial charge in [-0.3, -0.25) is 14.4 Å². The minimum atomic E-state index is -0.475. The fraction of sp³-hybridized carbons (Fsp3) is 0.545. The van der Waals surface area contributed by atoms with E-state index >= 15 is 0 Å². The Balaban J connectivity index is 1.77. The molecule has 0 unspecified atom stereocenters. The predicted octanol–water partition coefficient (Wildman–Crippen LogP) is 1.65. The van der Waals surface area contributed by atoms with Crippen molar-refractivity contribution in [3.63, 3.8) is 0 Å². The van der Waals surface area contributed by atoms with Crippen LogP contribution >= 0.6 is 0 Å². The van der Waals surface area contributed by atoms with Crippen LogP contribution in [-0.2, 0) is 25.7 Å². The number of halogens is 1. The molecular formula is C22H29FN4O4. The Labute approximate surface area is 181 Å². The summed E-state index contributed by atoms with van der Waals surface area (Å²) in [5.74, 6) is -0.805. The van der Waals surface area contributed by atoms with Gasteiger partial charge >= 0.3 is 0 Å². The van der Waals surface area contributed by atoms with E-state index in [2.05, 4.69) is 5.10 Å². The van der Waals surface area contributed by atoms with Crippen LogP contribution in [0.15, 0.2) is 29.4 Å². The summed E-state index contributed by atoms with van der Waals surface area (Å²) in [7, 11) is 1.51. The lowest BCUT2D eigenvalue weighted by molar-refractivity contribution is -0.136. The molecule has 2 aliphatic rings. The molecule has 1 aromatic carbocycles. The van der Waals surface area contributed by atoms with Gasteiger partial charge in [0.1, 0.15) is 18.1 Å². The van der Waals surface area contributed by atoms with E-state index in [1.54, 1.807) is 23.1 Å². The third kappa shape index (κ3) is 5.88. The standard InChI is InChI=1S/C22H29FN4O4/c1-15(2)10-26-11-17(31-14-16-6-4-5-7-18(16)23)12-27(13-21(26)29)22(30)19-8-9-20(28)25(3)24-19/h4-7,15,17H,8-14H2,1-3H3/t17-/m1/s1. The third-order valence-electron chi connectivity index (χ3n) is 5.29. The lowest BCUT2D eigenvalue weighted by Gasteiger charge is -2.26. The van der Waals surface area contributed by atoms with Crippen molar-refractivity contribution in [2.45, 2.75) is 39.4 Å². The molecular weight excluding hydrogens is 403 g/mol. The van der Waals surface area contributed by atoms with Crippen LogP contribution in [0.4, 0.5) is 4.39 Å². The van der Waals surface area contributed by atoms with Crippen molar-refractivity contribution in [1.82, 2.24) is 14.8 Å². The molecule has 2 heterocycles. The van der Waals surface area contributed by atoms with Crippen molar-refractivity contribution < 1.29 is 23.5 Å². The van der Waals surface area contributed by atoms with Gasteiger partial charge in [0, 0.05) is 45.1 Å². The largest absolute Gasteiger partial charge is 0.370 e. The van der Waals surface area contributed by atoms with E-state index in [-0.39, 0.29) is 67.7 Å². The smallest absolute Gasteiger partial charge is 0.270 e. The summed E-state index contributed by atoms with van der Waals surface area (Å²) in [6.07, 6.45) is -0.0316. The fourth-order valence-corrected chi connectivity index (χ4v) is 3.69. The number of carbonyl (C=O) groups is 3. The average Bonchev–Trinajstić information content (AvgIpc) is 2.87. The van der Waals surface area contributed by atoms with Crippen LogP contribution < -0.4 is 0 Å². The lowest BCUT2D eigenvalue weighted by Crippen LogP contribution is -2.45. The topological polar surface area (TPSA) is 82.5 Å². The summed E-state index contributed by atoms with van der Waals surface area (Å²) in [4.78, 5) is 40.7. The zero-order valence-electron chi connectivity index (χ0n) is 18.2. The van der Waals surface area contributed by atoms with Crippen molar-refractivity contribution in [3.05, 3.63) is 35.6 Å². The highest BCUT2D eigenvalue weighted by Gasteiger charge is 2.34. The van der Waals surface area contributed by atoms with Crippen molar-refractivity contribution in [2.24, 2.45) is 11.0 Å². The van der Waals surface area contributed by atoms with Crippen molar-refractivity contribution in [2.75, 3.05) is 33.2 Å². The quantitative estimate of drug-likeness (QED) is 0.684. The summed E-state index contributed by atoms with van der Waals surface area (Å²) in [6, 6.07) is 6.36. The van der Waals surface area contributed by atoms with E-state index < -0.39 is 6.10 Å². The molecule has 3 rings (SSSR count). The number of hydrogen-bond acceptors (Lipinski definition) is 5. The maximum absolute atomic E-state index is 14.0. The van der Waals surface area contributed by atoms with Crippen molar-refractivity contribution in [3.8, 4) is 0 Å². The van der Waals surface area contributed by atoms with Gasteiger partial charge in [-0.25, -0.2) is 9.40 Å². The van der Waals surface area contributed by atoms with E-state index in [4.69, 9.17) is 4.74 Å². The van der Waals surface area contributed by atoms with Gasteiger partial charge in [-0.2, -0.15) is 5.10 Å². The Kier molecular flexibility index (Phi) is 7.37. The predicted molar refractivity (Wildman–Crippen MR) is 112 cm³/mol. The molecule has 1 aromatic rings. The van der Waals surface area contributed by atoms with Crippen LogP contribution in [0, 0.1) is 11.7 Å². The highest BCUT2D eigenvalue weighted by molar-refractivity contribution is 6.39. The Morgan fingerprint density at radius 3 is 2.61 bits per heavy atom. The van der Waals surface area contributed by atoms with Crippen molar-refractivity contribution >= 4 is 23.4 Å². The van der Waals surface area contributed by atoms with E-state index in [1.165, 1.54) is 18.0 Å². The van der Waals surface area contributed by atoms with E-state index in [1.807, 2.05) is 13.8 Å². The van der Waals surface area contributed by atoms with Crippen LogP contribution in [0.2, 0.25) is 0 Å². The molecule has 8 nitrogen and oxygen atoms in total. The van der Waals surface area contributed by atoms with Crippen LogP contribution in [0.1, 0.15) is 32.3 Å². The first kappa shape index (κ1) is 22.9. The number of ether oxygens (including phenoxy) is 1. The van der Waals surface area contributed by atoms with Gasteiger partial charge in [0.15, 0.2) is 0 Å². The van der Waals surface area contributed by atoms with E-state index in [9.17, 15) is 18.8 Å². The van der Waals surface area contributed by atoms with Crippen molar-refractivity contribution in [1.29, 1.82) is 0 Å². The summed E-state index contributed by atoms with van der Waals surface area (Å²) in [5, 5.41) is 5.25. The Morgan fingerprint density at radius 1 is 1.19 bits per heavy atom. The van der Waals surface area contributed by atoms with Gasteiger partial charge in [0.25, 0.3) is 5.91 Å². The second-order valence-electron chi connectivity index (χ2n) is 8.37. The molecule has 168 valence electrons. The molecule has 2 aliphatic heterocycles. The summed E-state index contributed by atoms with van der Waals surface area (Å²) in [5.41, 5.74) is 0.670. The van der Waals surface area contributed by atoms with Gasteiger partial charge in [0.05, 0.1) is 12.7 Å². The normalized spacial score (nSPS) is 20.2. The molecule has 3 amide bonds. The molecule has 0 spiro atoms. The maximum atomic E-state index is 14.0. The highest BCUT2D eigenvalue weighted by Crippen LogP contribution is 2.16. The maximum Gasteiger partial charge on any atom is 0.270 e. The minimum absolute atomic E-state index is 0.0429. The summed E-state index contributed by atoms with van der Waals surface area (Å²) < 4.78 is 20.0. The lowest BCUT2D eigenvalue weighted by atomic mass is 10.1. The Hall–Kier alpha value is -2.81. The number of carbonyl (C=O) groups excluding carboxylic acids is 3. The molecule has 1 saturated heterocycles. The molecule has 9 heteroatoms. The minimum Gasteiger partial charge on any atom is -0.370 e. The van der Waals surface area contributed by atoms with Gasteiger partial charge in [-0.05, 0) is 12.0 Å². The number of hydrazone groups is 1. The van der Waals surface area contributed by atoms with E-state index in [0.29, 0.717) is 18.7 Å². The second kappa shape index (κ2) is 10.00. The van der Waals surface area contributed by atoms with Crippen LogP contribution in [0.25, 0.3) is 0 Å². The molecule has 0 saturated carbocycles. The molecule has 1 fully saturated rings. The summed E-state index contributed by atoms with van der Waals surface area (Å²) >= 11 is 0. The van der Waals surface area contributed by atoms with Crippen LogP contribution in [0.3, 0.4) is 0 Å². The molecule has 0 aromatic heterocycles.